The van der Waals surface area contributed by atoms with Gasteiger partial charge in [0.05, 0.1) is 5.25 Å². The average Bonchev–Trinajstić information content (AvgIpc) is 2.41. The Bertz CT molecular complexity index is 657. The van der Waals surface area contributed by atoms with Crippen molar-refractivity contribution in [3.8, 4) is 0 Å². The molecule has 0 bridgehead atoms. The molecule has 0 aliphatic carbocycles. The number of thioether (sulfide) groups is 1. The predicted octanol–water partition coefficient (Wildman–Crippen LogP) is 2.65. The molecule has 5 nitrogen and oxygen atoms in total. The van der Waals surface area contributed by atoms with Crippen LogP contribution >= 0.6 is 27.7 Å². The van der Waals surface area contributed by atoms with E-state index in [1.165, 1.54) is 24.0 Å². The number of hydrogen-bond acceptors (Lipinski definition) is 4. The molecule has 1 atom stereocenters. The number of H-pyrrole nitrogens is 1. The van der Waals surface area contributed by atoms with E-state index in [4.69, 9.17) is 0 Å². The number of hydrogen-bond donors (Lipinski definition) is 2. The van der Waals surface area contributed by atoms with Crippen LogP contribution in [0.4, 0.5) is 5.69 Å². The molecule has 7 heteroatoms. The fourth-order valence-electron chi connectivity index (χ4n) is 1.41. The molecule has 1 aromatic carbocycles. The van der Waals surface area contributed by atoms with Gasteiger partial charge in [-0.3, -0.25) is 9.59 Å². The van der Waals surface area contributed by atoms with Crippen LogP contribution in [0.5, 0.6) is 0 Å². The lowest BCUT2D eigenvalue weighted by Crippen LogP contribution is -2.23. The molecule has 2 N–H and O–H groups in total. The molecular formula is C13H12BrN3O2S. The highest BCUT2D eigenvalue weighted by molar-refractivity contribution is 9.10. The number of benzene rings is 1. The molecule has 1 heterocycles. The Morgan fingerprint density at radius 2 is 2.05 bits per heavy atom. The van der Waals surface area contributed by atoms with Crippen molar-refractivity contribution in [1.29, 1.82) is 0 Å². The van der Waals surface area contributed by atoms with Gasteiger partial charge >= 0.3 is 0 Å². The Morgan fingerprint density at radius 3 is 2.70 bits per heavy atom. The smallest absolute Gasteiger partial charge is 0.251 e. The molecule has 20 heavy (non-hydrogen) atoms. The summed E-state index contributed by atoms with van der Waals surface area (Å²) < 4.78 is 0.948. The summed E-state index contributed by atoms with van der Waals surface area (Å²) in [4.78, 5) is 29.8. The van der Waals surface area contributed by atoms with E-state index in [2.05, 4.69) is 31.2 Å². The second kappa shape index (κ2) is 6.71. The summed E-state index contributed by atoms with van der Waals surface area (Å²) in [5, 5.41) is 2.86. The zero-order valence-corrected chi connectivity index (χ0v) is 13.0. The van der Waals surface area contributed by atoms with E-state index >= 15 is 0 Å². The van der Waals surface area contributed by atoms with Gasteiger partial charge in [0.15, 0.2) is 5.16 Å². The largest absolute Gasteiger partial charge is 0.325 e. The van der Waals surface area contributed by atoms with Crippen molar-refractivity contribution in [2.45, 2.75) is 17.3 Å². The highest BCUT2D eigenvalue weighted by atomic mass is 79.9. The molecule has 0 saturated carbocycles. The number of nitrogens with one attached hydrogen (secondary N) is 2. The first-order valence-corrected chi connectivity index (χ1v) is 7.50. The minimum atomic E-state index is -0.371. The summed E-state index contributed by atoms with van der Waals surface area (Å²) >= 11 is 4.53. The van der Waals surface area contributed by atoms with Gasteiger partial charge in [0.1, 0.15) is 0 Å². The number of amides is 1. The van der Waals surface area contributed by atoms with E-state index in [1.54, 1.807) is 6.92 Å². The summed E-state index contributed by atoms with van der Waals surface area (Å²) in [5.74, 6) is -0.149. The van der Waals surface area contributed by atoms with Gasteiger partial charge in [-0.2, -0.15) is 0 Å². The molecule has 0 radical (unpaired) electrons. The monoisotopic (exact) mass is 353 g/mol. The van der Waals surface area contributed by atoms with Crippen molar-refractivity contribution < 1.29 is 4.79 Å². The number of aromatic nitrogens is 2. The molecule has 2 aromatic rings. The van der Waals surface area contributed by atoms with Crippen molar-refractivity contribution in [2.24, 2.45) is 0 Å². The summed E-state index contributed by atoms with van der Waals surface area (Å²) in [7, 11) is 0. The number of carbonyl (C=O) groups is 1. The lowest BCUT2D eigenvalue weighted by Gasteiger charge is -2.11. The minimum Gasteiger partial charge on any atom is -0.325 e. The maximum absolute atomic E-state index is 12.0. The van der Waals surface area contributed by atoms with Crippen molar-refractivity contribution in [1.82, 2.24) is 9.97 Å². The van der Waals surface area contributed by atoms with Crippen molar-refractivity contribution in [3.05, 3.63) is 51.4 Å². The molecule has 104 valence electrons. The fraction of sp³-hybridized carbons (Fsp3) is 0.154. The van der Waals surface area contributed by atoms with Crippen LogP contribution in [0.15, 0.2) is 51.0 Å². The molecule has 0 spiro atoms. The van der Waals surface area contributed by atoms with Gasteiger partial charge in [-0.25, -0.2) is 4.98 Å². The molecular weight excluding hydrogens is 342 g/mol. The summed E-state index contributed by atoms with van der Waals surface area (Å²) in [5.41, 5.74) is 0.489. The third kappa shape index (κ3) is 4.21. The fourth-order valence-corrected chi connectivity index (χ4v) is 2.46. The zero-order valence-electron chi connectivity index (χ0n) is 10.6. The third-order valence-electron chi connectivity index (χ3n) is 2.42. The van der Waals surface area contributed by atoms with Crippen molar-refractivity contribution in [3.63, 3.8) is 0 Å². The van der Waals surface area contributed by atoms with Crippen molar-refractivity contribution >= 4 is 39.3 Å². The van der Waals surface area contributed by atoms with Crippen LogP contribution < -0.4 is 10.9 Å². The molecule has 1 aromatic heterocycles. The third-order valence-corrected chi connectivity index (χ3v) is 3.94. The number of nitrogens with zero attached hydrogens (tertiary/aromatic N) is 1. The Balaban J connectivity index is 1.98. The van der Waals surface area contributed by atoms with Gasteiger partial charge < -0.3 is 10.3 Å². The van der Waals surface area contributed by atoms with E-state index in [0.29, 0.717) is 5.16 Å². The first-order chi connectivity index (χ1) is 9.54. The Morgan fingerprint density at radius 1 is 1.35 bits per heavy atom. The second-order valence-corrected chi connectivity index (χ2v) is 6.24. The molecule has 1 amide bonds. The van der Waals surface area contributed by atoms with E-state index in [1.807, 2.05) is 24.3 Å². The van der Waals surface area contributed by atoms with Crippen LogP contribution in [0.3, 0.4) is 0 Å². The Labute approximate surface area is 128 Å². The zero-order chi connectivity index (χ0) is 14.5. The van der Waals surface area contributed by atoms with Crippen LogP contribution in [0.2, 0.25) is 0 Å². The Hall–Kier alpha value is -1.60. The summed E-state index contributed by atoms with van der Waals surface area (Å²) in [6.45, 7) is 1.76. The number of halogens is 1. The first-order valence-electron chi connectivity index (χ1n) is 5.83. The average molecular weight is 354 g/mol. The van der Waals surface area contributed by atoms with Gasteiger partial charge in [0.2, 0.25) is 5.91 Å². The number of carbonyl (C=O) groups excluding carboxylic acids is 1. The van der Waals surface area contributed by atoms with Crippen LogP contribution in [-0.2, 0) is 4.79 Å². The van der Waals surface area contributed by atoms with Gasteiger partial charge in [-0.05, 0) is 31.2 Å². The van der Waals surface area contributed by atoms with Gasteiger partial charge in [0.25, 0.3) is 5.56 Å². The van der Waals surface area contributed by atoms with Gasteiger partial charge in [0, 0.05) is 22.4 Å². The normalized spacial score (nSPS) is 11.9. The van der Waals surface area contributed by atoms with Crippen LogP contribution in [-0.4, -0.2) is 21.1 Å². The molecule has 1 unspecified atom stereocenters. The van der Waals surface area contributed by atoms with Gasteiger partial charge in [-0.15, -0.1) is 0 Å². The number of anilines is 1. The topological polar surface area (TPSA) is 74.8 Å². The van der Waals surface area contributed by atoms with Crippen molar-refractivity contribution in [2.75, 3.05) is 5.32 Å². The second-order valence-electron chi connectivity index (χ2n) is 4.00. The Kier molecular flexibility index (Phi) is 4.97. The molecule has 0 saturated heterocycles. The highest BCUT2D eigenvalue weighted by Gasteiger charge is 2.15. The number of aromatic amines is 1. The minimum absolute atomic E-state index is 0.149. The maximum Gasteiger partial charge on any atom is 0.251 e. The van der Waals surface area contributed by atoms with Crippen LogP contribution in [0.25, 0.3) is 0 Å². The lowest BCUT2D eigenvalue weighted by molar-refractivity contribution is -0.115. The maximum atomic E-state index is 12.0. The number of rotatable bonds is 4. The predicted molar refractivity (Wildman–Crippen MR) is 82.9 cm³/mol. The quantitative estimate of drug-likeness (QED) is 0.654. The first kappa shape index (κ1) is 14.8. The van der Waals surface area contributed by atoms with E-state index in [9.17, 15) is 9.59 Å². The molecule has 2 rings (SSSR count). The highest BCUT2D eigenvalue weighted by Crippen LogP contribution is 2.20. The van der Waals surface area contributed by atoms with E-state index in [0.717, 1.165) is 10.2 Å². The van der Waals surface area contributed by atoms with E-state index < -0.39 is 0 Å². The molecule has 0 aliphatic rings. The van der Waals surface area contributed by atoms with Gasteiger partial charge in [-0.1, -0.05) is 27.7 Å². The molecule has 0 fully saturated rings. The summed E-state index contributed by atoms with van der Waals surface area (Å²) in [6, 6.07) is 8.65. The lowest BCUT2D eigenvalue weighted by atomic mass is 10.3. The van der Waals surface area contributed by atoms with Crippen LogP contribution in [0, 0.1) is 0 Å². The summed E-state index contributed by atoms with van der Waals surface area (Å²) in [6.07, 6.45) is 1.42. The standard InChI is InChI=1S/C13H12BrN3O2S/c1-8(20-13-15-7-6-11(18)17-13)12(19)16-10-4-2-9(14)3-5-10/h2-8H,1H3,(H,16,19)(H,15,17,18). The molecule has 0 aliphatic heterocycles. The van der Waals surface area contributed by atoms with E-state index in [-0.39, 0.29) is 16.7 Å². The van der Waals surface area contributed by atoms with Crippen LogP contribution in [0.1, 0.15) is 6.92 Å². The SMILES string of the molecule is CC(Sc1nccc(=O)[nH]1)C(=O)Nc1ccc(Br)cc1.